The molecule has 0 bridgehead atoms. The maximum atomic E-state index is 8.78. The number of rotatable bonds is 2. The van der Waals surface area contributed by atoms with Gasteiger partial charge in [-0.25, -0.2) is 4.98 Å². The molecule has 0 aliphatic rings. The molecule has 0 fully saturated rings. The average Bonchev–Trinajstić information content (AvgIpc) is 2.34. The molecular weight excluding hydrogens is 146 g/mol. The van der Waals surface area contributed by atoms with E-state index in [-0.39, 0.29) is 12.5 Å². The highest BCUT2D eigenvalue weighted by Crippen LogP contribution is 2.20. The summed E-state index contributed by atoms with van der Waals surface area (Å²) in [5, 5.41) is 9.84. The van der Waals surface area contributed by atoms with Gasteiger partial charge in [-0.05, 0) is 6.92 Å². The van der Waals surface area contributed by atoms with Crippen LogP contribution in [0.2, 0.25) is 0 Å². The number of nitrogens with zero attached hydrogens (tertiary/aromatic N) is 1. The van der Waals surface area contributed by atoms with E-state index >= 15 is 0 Å². The average molecular weight is 157 g/mol. The molecule has 1 unspecified atom stereocenters. The Labute approximate surface area is 64.5 Å². The Bertz CT molecular complexity index is 209. The summed E-state index contributed by atoms with van der Waals surface area (Å²) >= 11 is 1.65. The summed E-state index contributed by atoms with van der Waals surface area (Å²) in [6, 6.07) is 0. The second-order valence-electron chi connectivity index (χ2n) is 2.37. The van der Waals surface area contributed by atoms with E-state index in [1.165, 1.54) is 4.88 Å². The molecule has 0 aliphatic heterocycles. The molecule has 0 amide bonds. The van der Waals surface area contributed by atoms with E-state index in [2.05, 4.69) is 4.98 Å². The number of hydrogen-bond acceptors (Lipinski definition) is 3. The lowest BCUT2D eigenvalue weighted by molar-refractivity contribution is 0.274. The Balaban J connectivity index is 2.74. The van der Waals surface area contributed by atoms with Crippen LogP contribution in [0.3, 0.4) is 0 Å². The summed E-state index contributed by atoms with van der Waals surface area (Å²) in [6.07, 6.45) is 1.83. The van der Waals surface area contributed by atoms with E-state index in [1.807, 2.05) is 20.0 Å². The predicted molar refractivity (Wildman–Crippen MR) is 42.4 cm³/mol. The third-order valence-corrected chi connectivity index (χ3v) is 2.54. The topological polar surface area (TPSA) is 33.1 Å². The molecule has 0 saturated carbocycles. The van der Waals surface area contributed by atoms with Crippen LogP contribution in [0.15, 0.2) is 6.20 Å². The van der Waals surface area contributed by atoms with Crippen LogP contribution in [-0.4, -0.2) is 16.7 Å². The zero-order valence-electron chi connectivity index (χ0n) is 6.16. The van der Waals surface area contributed by atoms with Gasteiger partial charge in [0.1, 0.15) is 0 Å². The first kappa shape index (κ1) is 7.69. The van der Waals surface area contributed by atoms with Gasteiger partial charge in [0, 0.05) is 17.0 Å². The van der Waals surface area contributed by atoms with Crippen LogP contribution in [0, 0.1) is 6.92 Å². The number of aryl methyl sites for hydroxylation is 1. The lowest BCUT2D eigenvalue weighted by Crippen LogP contribution is -1.94. The largest absolute Gasteiger partial charge is 0.396 e. The molecule has 2 nitrogen and oxygen atoms in total. The number of aliphatic hydroxyl groups excluding tert-OH is 1. The molecular formula is C7H11NOS. The summed E-state index contributed by atoms with van der Waals surface area (Å²) in [5.41, 5.74) is 0. The normalized spacial score (nSPS) is 13.5. The summed E-state index contributed by atoms with van der Waals surface area (Å²) in [6.45, 7) is 4.17. The monoisotopic (exact) mass is 157 g/mol. The maximum Gasteiger partial charge on any atom is 0.0896 e. The van der Waals surface area contributed by atoms with Crippen molar-refractivity contribution in [2.45, 2.75) is 19.8 Å². The van der Waals surface area contributed by atoms with Crippen molar-refractivity contribution in [3.63, 3.8) is 0 Å². The standard InChI is InChI=1S/C7H11NOS/c1-5(4-9)7-3-8-6(2)10-7/h3,5,9H,4H2,1-2H3. The molecule has 0 radical (unpaired) electrons. The van der Waals surface area contributed by atoms with Gasteiger partial charge in [0.05, 0.1) is 11.6 Å². The molecule has 1 heterocycles. The predicted octanol–water partition coefficient (Wildman–Crippen LogP) is 1.55. The highest BCUT2D eigenvalue weighted by Gasteiger charge is 2.05. The van der Waals surface area contributed by atoms with Crippen LogP contribution in [0.5, 0.6) is 0 Å². The van der Waals surface area contributed by atoms with Gasteiger partial charge < -0.3 is 5.11 Å². The highest BCUT2D eigenvalue weighted by atomic mass is 32.1. The van der Waals surface area contributed by atoms with E-state index < -0.39 is 0 Å². The maximum absolute atomic E-state index is 8.78. The van der Waals surface area contributed by atoms with Gasteiger partial charge in [-0.1, -0.05) is 6.92 Å². The summed E-state index contributed by atoms with van der Waals surface area (Å²) in [4.78, 5) is 5.26. The minimum absolute atomic E-state index is 0.210. The Morgan fingerprint density at radius 1 is 1.80 bits per heavy atom. The smallest absolute Gasteiger partial charge is 0.0896 e. The van der Waals surface area contributed by atoms with Crippen LogP contribution < -0.4 is 0 Å². The van der Waals surface area contributed by atoms with Crippen molar-refractivity contribution >= 4 is 11.3 Å². The zero-order valence-corrected chi connectivity index (χ0v) is 6.98. The zero-order chi connectivity index (χ0) is 7.56. The molecule has 0 saturated heterocycles. The third-order valence-electron chi connectivity index (χ3n) is 1.40. The molecule has 0 spiro atoms. The molecule has 1 N–H and O–H groups in total. The molecule has 56 valence electrons. The minimum atomic E-state index is 0.210. The molecule has 1 rings (SSSR count). The van der Waals surface area contributed by atoms with E-state index in [0.29, 0.717) is 0 Å². The quantitative estimate of drug-likeness (QED) is 0.706. The number of aliphatic hydroxyl groups is 1. The van der Waals surface area contributed by atoms with Gasteiger partial charge in [0.25, 0.3) is 0 Å². The van der Waals surface area contributed by atoms with Crippen LogP contribution >= 0.6 is 11.3 Å². The van der Waals surface area contributed by atoms with Crippen LogP contribution in [0.1, 0.15) is 22.7 Å². The fourth-order valence-corrected chi connectivity index (χ4v) is 1.52. The number of thiazole rings is 1. The third kappa shape index (κ3) is 1.55. The van der Waals surface area contributed by atoms with Crippen molar-refractivity contribution in [1.29, 1.82) is 0 Å². The van der Waals surface area contributed by atoms with Gasteiger partial charge in [-0.15, -0.1) is 11.3 Å². The van der Waals surface area contributed by atoms with Gasteiger partial charge >= 0.3 is 0 Å². The Hall–Kier alpha value is -0.410. The molecule has 1 aromatic heterocycles. The highest BCUT2D eigenvalue weighted by molar-refractivity contribution is 7.11. The van der Waals surface area contributed by atoms with Crippen molar-refractivity contribution < 1.29 is 5.11 Å². The Morgan fingerprint density at radius 2 is 2.50 bits per heavy atom. The van der Waals surface area contributed by atoms with E-state index in [1.54, 1.807) is 11.3 Å². The van der Waals surface area contributed by atoms with E-state index in [0.717, 1.165) is 5.01 Å². The van der Waals surface area contributed by atoms with Crippen molar-refractivity contribution in [3.05, 3.63) is 16.1 Å². The molecule has 1 aromatic rings. The van der Waals surface area contributed by atoms with Gasteiger partial charge in [0.15, 0.2) is 0 Å². The van der Waals surface area contributed by atoms with Crippen molar-refractivity contribution in [3.8, 4) is 0 Å². The molecule has 0 aromatic carbocycles. The SMILES string of the molecule is Cc1ncc(C(C)CO)s1. The first-order valence-electron chi connectivity index (χ1n) is 3.27. The fraction of sp³-hybridized carbons (Fsp3) is 0.571. The van der Waals surface area contributed by atoms with Gasteiger partial charge in [-0.2, -0.15) is 0 Å². The van der Waals surface area contributed by atoms with E-state index in [4.69, 9.17) is 5.11 Å². The van der Waals surface area contributed by atoms with Gasteiger partial charge in [-0.3, -0.25) is 0 Å². The molecule has 0 aliphatic carbocycles. The van der Waals surface area contributed by atoms with Crippen molar-refractivity contribution in [2.24, 2.45) is 0 Å². The molecule has 1 atom stereocenters. The molecule has 10 heavy (non-hydrogen) atoms. The number of hydrogen-bond donors (Lipinski definition) is 1. The lowest BCUT2D eigenvalue weighted by Gasteiger charge is -2.00. The first-order valence-corrected chi connectivity index (χ1v) is 4.09. The first-order chi connectivity index (χ1) is 4.74. The van der Waals surface area contributed by atoms with Crippen molar-refractivity contribution in [1.82, 2.24) is 4.98 Å². The molecule has 3 heteroatoms. The van der Waals surface area contributed by atoms with Crippen LogP contribution in [-0.2, 0) is 0 Å². The Kier molecular flexibility index (Phi) is 2.40. The number of aromatic nitrogens is 1. The summed E-state index contributed by atoms with van der Waals surface area (Å²) in [7, 11) is 0. The van der Waals surface area contributed by atoms with Crippen LogP contribution in [0.4, 0.5) is 0 Å². The van der Waals surface area contributed by atoms with Crippen molar-refractivity contribution in [2.75, 3.05) is 6.61 Å². The second kappa shape index (κ2) is 3.12. The Morgan fingerprint density at radius 3 is 2.90 bits per heavy atom. The lowest BCUT2D eigenvalue weighted by atomic mass is 10.2. The van der Waals surface area contributed by atoms with E-state index in [9.17, 15) is 0 Å². The second-order valence-corrected chi connectivity index (χ2v) is 3.63. The van der Waals surface area contributed by atoms with Crippen LogP contribution in [0.25, 0.3) is 0 Å². The minimum Gasteiger partial charge on any atom is -0.396 e. The van der Waals surface area contributed by atoms with Gasteiger partial charge in [0.2, 0.25) is 0 Å². The fourth-order valence-electron chi connectivity index (χ4n) is 0.696. The summed E-state index contributed by atoms with van der Waals surface area (Å²) < 4.78 is 0. The summed E-state index contributed by atoms with van der Waals surface area (Å²) in [5.74, 6) is 0.242.